The Bertz CT molecular complexity index is 277. The molecule has 7 heteroatoms. The lowest BCUT2D eigenvalue weighted by molar-refractivity contribution is -0.137. The molecule has 1 aliphatic rings. The molecule has 0 radical (unpaired) electrons. The molecule has 7 nitrogen and oxygen atoms in total. The number of nitrogens with one attached hydrogen (secondary N) is 1. The van der Waals surface area contributed by atoms with Crippen molar-refractivity contribution in [2.45, 2.75) is 18.9 Å². The molecule has 0 aliphatic carbocycles. The summed E-state index contributed by atoms with van der Waals surface area (Å²) in [5.74, 6) is -1.25. The van der Waals surface area contributed by atoms with Crippen molar-refractivity contribution in [1.82, 2.24) is 15.3 Å². The number of amides is 1. The Labute approximate surface area is 101 Å². The molecule has 1 amide bonds. The highest BCUT2D eigenvalue weighted by molar-refractivity contribution is 5.81. The highest BCUT2D eigenvalue weighted by Gasteiger charge is 2.20. The van der Waals surface area contributed by atoms with E-state index in [0.717, 1.165) is 26.2 Å². The monoisotopic (exact) mass is 244 g/mol. The van der Waals surface area contributed by atoms with Crippen LogP contribution in [0.15, 0.2) is 0 Å². The first-order valence-electron chi connectivity index (χ1n) is 5.70. The number of nitrogens with zero attached hydrogens (tertiary/aromatic N) is 2. The number of aliphatic carboxylic acids is 1. The predicted molar refractivity (Wildman–Crippen MR) is 62.1 cm³/mol. The standard InChI is InChI=1S/C10H20N4O3/c1-13-4-6-14(7-5-13)12-10(17)8(11)2-3-9(15)16/h8H,2-7,11H2,1H3,(H,12,17)(H,15,16). The fourth-order valence-electron chi connectivity index (χ4n) is 1.57. The zero-order valence-electron chi connectivity index (χ0n) is 10.1. The van der Waals surface area contributed by atoms with Gasteiger partial charge in [0.05, 0.1) is 6.04 Å². The van der Waals surface area contributed by atoms with Crippen molar-refractivity contribution in [3.8, 4) is 0 Å². The number of likely N-dealkylation sites (N-methyl/N-ethyl adjacent to an activating group) is 1. The van der Waals surface area contributed by atoms with Crippen LogP contribution in [-0.4, -0.2) is 66.2 Å². The Balaban J connectivity index is 2.25. The summed E-state index contributed by atoms with van der Waals surface area (Å²) in [4.78, 5) is 24.1. The second kappa shape index (κ2) is 6.53. The molecule has 1 heterocycles. The molecule has 1 atom stereocenters. The average Bonchev–Trinajstić information content (AvgIpc) is 2.28. The summed E-state index contributed by atoms with van der Waals surface area (Å²) >= 11 is 0. The highest BCUT2D eigenvalue weighted by Crippen LogP contribution is 1.98. The Hall–Kier alpha value is -1.18. The van der Waals surface area contributed by atoms with E-state index in [4.69, 9.17) is 10.8 Å². The summed E-state index contributed by atoms with van der Waals surface area (Å²) in [6.07, 6.45) is 0.0756. The first kappa shape index (κ1) is 13.9. The van der Waals surface area contributed by atoms with Gasteiger partial charge in [0, 0.05) is 32.6 Å². The van der Waals surface area contributed by atoms with Gasteiger partial charge in [0.2, 0.25) is 0 Å². The van der Waals surface area contributed by atoms with Gasteiger partial charge in [-0.3, -0.25) is 15.0 Å². The minimum absolute atomic E-state index is 0.0860. The minimum Gasteiger partial charge on any atom is -0.481 e. The van der Waals surface area contributed by atoms with Gasteiger partial charge in [-0.05, 0) is 13.5 Å². The summed E-state index contributed by atoms with van der Waals surface area (Å²) in [6, 6.07) is -0.759. The number of hydrazine groups is 1. The molecule has 0 aromatic carbocycles. The molecule has 0 aromatic heterocycles. The molecule has 17 heavy (non-hydrogen) atoms. The lowest BCUT2D eigenvalue weighted by Gasteiger charge is -2.32. The van der Waals surface area contributed by atoms with E-state index >= 15 is 0 Å². The second-order valence-electron chi connectivity index (χ2n) is 4.31. The van der Waals surface area contributed by atoms with E-state index in [1.54, 1.807) is 0 Å². The number of carbonyl (C=O) groups is 2. The summed E-state index contributed by atoms with van der Waals surface area (Å²) in [5.41, 5.74) is 8.31. The van der Waals surface area contributed by atoms with Crippen molar-refractivity contribution < 1.29 is 14.7 Å². The lowest BCUT2D eigenvalue weighted by atomic mass is 10.1. The predicted octanol–water partition coefficient (Wildman–Crippen LogP) is -1.54. The van der Waals surface area contributed by atoms with Gasteiger partial charge in [0.1, 0.15) is 0 Å². The topological polar surface area (TPSA) is 98.9 Å². The van der Waals surface area contributed by atoms with Crippen LogP contribution in [0.3, 0.4) is 0 Å². The molecule has 1 aliphatic heterocycles. The van der Waals surface area contributed by atoms with Crippen LogP contribution in [0.2, 0.25) is 0 Å². The van der Waals surface area contributed by atoms with Crippen LogP contribution < -0.4 is 11.2 Å². The Morgan fingerprint density at radius 3 is 2.47 bits per heavy atom. The third-order valence-corrected chi connectivity index (χ3v) is 2.78. The molecule has 4 N–H and O–H groups in total. The van der Waals surface area contributed by atoms with Crippen LogP contribution in [0.4, 0.5) is 0 Å². The number of hydrogen-bond donors (Lipinski definition) is 3. The summed E-state index contributed by atoms with van der Waals surface area (Å²) in [7, 11) is 2.03. The number of nitrogens with two attached hydrogens (primary N) is 1. The lowest BCUT2D eigenvalue weighted by Crippen LogP contribution is -2.55. The summed E-state index contributed by atoms with van der Waals surface area (Å²) in [6.45, 7) is 3.30. The van der Waals surface area contributed by atoms with Crippen LogP contribution in [-0.2, 0) is 9.59 Å². The van der Waals surface area contributed by atoms with Crippen LogP contribution in [0.5, 0.6) is 0 Å². The van der Waals surface area contributed by atoms with E-state index in [1.165, 1.54) is 0 Å². The number of hydrogen-bond acceptors (Lipinski definition) is 5. The van der Waals surface area contributed by atoms with Crippen molar-refractivity contribution in [1.29, 1.82) is 0 Å². The van der Waals surface area contributed by atoms with Gasteiger partial charge in [-0.25, -0.2) is 5.01 Å². The summed E-state index contributed by atoms with van der Waals surface area (Å²) < 4.78 is 0. The molecule has 98 valence electrons. The van der Waals surface area contributed by atoms with Crippen molar-refractivity contribution in [2.24, 2.45) is 5.73 Å². The van der Waals surface area contributed by atoms with Crippen LogP contribution >= 0.6 is 0 Å². The van der Waals surface area contributed by atoms with E-state index in [9.17, 15) is 9.59 Å². The number of carboxylic acid groups (broad SMARTS) is 1. The molecule has 0 saturated carbocycles. The SMILES string of the molecule is CN1CCN(NC(=O)C(N)CCC(=O)O)CC1. The van der Waals surface area contributed by atoms with Gasteiger partial charge in [-0.2, -0.15) is 0 Å². The van der Waals surface area contributed by atoms with Crippen molar-refractivity contribution in [3.63, 3.8) is 0 Å². The highest BCUT2D eigenvalue weighted by atomic mass is 16.4. The quantitative estimate of drug-likeness (QED) is 0.542. The largest absolute Gasteiger partial charge is 0.481 e. The molecular weight excluding hydrogens is 224 g/mol. The minimum atomic E-state index is -0.937. The van der Waals surface area contributed by atoms with Crippen LogP contribution in [0.1, 0.15) is 12.8 Å². The van der Waals surface area contributed by atoms with E-state index in [-0.39, 0.29) is 18.7 Å². The Morgan fingerprint density at radius 2 is 1.94 bits per heavy atom. The zero-order valence-corrected chi connectivity index (χ0v) is 10.1. The van der Waals surface area contributed by atoms with Gasteiger partial charge in [0.25, 0.3) is 5.91 Å². The van der Waals surface area contributed by atoms with Crippen LogP contribution in [0, 0.1) is 0 Å². The number of rotatable bonds is 5. The smallest absolute Gasteiger partial charge is 0.303 e. The first-order valence-corrected chi connectivity index (χ1v) is 5.70. The Morgan fingerprint density at radius 1 is 1.35 bits per heavy atom. The van der Waals surface area contributed by atoms with Gasteiger partial charge in [0.15, 0.2) is 0 Å². The average molecular weight is 244 g/mol. The molecule has 0 aromatic rings. The molecule has 1 fully saturated rings. The maximum atomic E-state index is 11.6. The maximum absolute atomic E-state index is 11.6. The van der Waals surface area contributed by atoms with Crippen molar-refractivity contribution in [3.05, 3.63) is 0 Å². The van der Waals surface area contributed by atoms with Gasteiger partial charge < -0.3 is 15.7 Å². The van der Waals surface area contributed by atoms with Crippen molar-refractivity contribution in [2.75, 3.05) is 33.2 Å². The number of piperazine rings is 1. The van der Waals surface area contributed by atoms with Gasteiger partial charge >= 0.3 is 5.97 Å². The molecule has 1 rings (SSSR count). The maximum Gasteiger partial charge on any atom is 0.303 e. The molecule has 0 spiro atoms. The number of carboxylic acids is 1. The van der Waals surface area contributed by atoms with E-state index in [1.807, 2.05) is 12.1 Å². The molecular formula is C10H20N4O3. The van der Waals surface area contributed by atoms with Crippen LogP contribution in [0.25, 0.3) is 0 Å². The fourth-order valence-corrected chi connectivity index (χ4v) is 1.57. The third-order valence-electron chi connectivity index (χ3n) is 2.78. The van der Waals surface area contributed by atoms with E-state index in [0.29, 0.717) is 0 Å². The molecule has 1 saturated heterocycles. The normalized spacial score (nSPS) is 19.9. The van der Waals surface area contributed by atoms with E-state index < -0.39 is 12.0 Å². The zero-order chi connectivity index (χ0) is 12.8. The van der Waals surface area contributed by atoms with Gasteiger partial charge in [-0.1, -0.05) is 0 Å². The van der Waals surface area contributed by atoms with E-state index in [2.05, 4.69) is 10.3 Å². The second-order valence-corrected chi connectivity index (χ2v) is 4.31. The first-order chi connectivity index (χ1) is 7.99. The third kappa shape index (κ3) is 5.12. The molecule has 1 unspecified atom stereocenters. The fraction of sp³-hybridized carbons (Fsp3) is 0.800. The van der Waals surface area contributed by atoms with Crippen molar-refractivity contribution >= 4 is 11.9 Å². The summed E-state index contributed by atoms with van der Waals surface area (Å²) in [5, 5.41) is 10.3. The van der Waals surface area contributed by atoms with Gasteiger partial charge in [-0.15, -0.1) is 0 Å². The molecule has 0 bridgehead atoms. The number of carbonyl (C=O) groups excluding carboxylic acids is 1. The Kier molecular flexibility index (Phi) is 5.33.